The lowest BCUT2D eigenvalue weighted by Gasteiger charge is -2.36. The molecule has 0 spiro atoms. The highest BCUT2D eigenvalue weighted by Gasteiger charge is 2.22. The van der Waals surface area contributed by atoms with Crippen LogP contribution in [0.25, 0.3) is 0 Å². The number of benzene rings is 2. The molecule has 2 aromatic rings. The Morgan fingerprint density at radius 3 is 2.75 bits per heavy atom. The fourth-order valence-corrected chi connectivity index (χ4v) is 2.98. The first kappa shape index (κ1) is 13.5. The Hall–Kier alpha value is -1.51. The molecule has 1 N–H and O–H groups in total. The number of anilines is 1. The second-order valence-corrected chi connectivity index (χ2v) is 5.73. The van der Waals surface area contributed by atoms with E-state index in [1.54, 1.807) is 0 Å². The van der Waals surface area contributed by atoms with Gasteiger partial charge in [-0.1, -0.05) is 48.0 Å². The van der Waals surface area contributed by atoms with Gasteiger partial charge in [0, 0.05) is 25.7 Å². The molecule has 1 aliphatic heterocycles. The van der Waals surface area contributed by atoms with Crippen molar-refractivity contribution in [2.75, 3.05) is 24.5 Å². The van der Waals surface area contributed by atoms with Gasteiger partial charge in [-0.15, -0.1) is 0 Å². The van der Waals surface area contributed by atoms with E-state index in [0.29, 0.717) is 6.04 Å². The highest BCUT2D eigenvalue weighted by atomic mass is 35.5. The number of nitrogens with zero attached hydrogens (tertiary/aromatic N) is 1. The topological polar surface area (TPSA) is 15.3 Å². The Morgan fingerprint density at radius 2 is 1.95 bits per heavy atom. The van der Waals surface area contributed by atoms with Crippen molar-refractivity contribution in [3.8, 4) is 0 Å². The Labute approximate surface area is 125 Å². The Bertz CT molecular complexity index is 583. The third kappa shape index (κ3) is 2.82. The number of piperazine rings is 1. The zero-order valence-electron chi connectivity index (χ0n) is 11.6. The fraction of sp³-hybridized carbons (Fsp3) is 0.294. The van der Waals surface area contributed by atoms with Crippen molar-refractivity contribution >= 4 is 17.3 Å². The van der Waals surface area contributed by atoms with Gasteiger partial charge in [-0.3, -0.25) is 0 Å². The normalized spacial score (nSPS) is 19.1. The van der Waals surface area contributed by atoms with E-state index >= 15 is 0 Å². The van der Waals surface area contributed by atoms with E-state index in [9.17, 15) is 0 Å². The molecule has 3 heteroatoms. The summed E-state index contributed by atoms with van der Waals surface area (Å²) in [7, 11) is 0. The quantitative estimate of drug-likeness (QED) is 0.903. The molecule has 1 saturated heterocycles. The van der Waals surface area contributed by atoms with Gasteiger partial charge in [0.1, 0.15) is 0 Å². The van der Waals surface area contributed by atoms with E-state index in [-0.39, 0.29) is 0 Å². The minimum absolute atomic E-state index is 0.363. The van der Waals surface area contributed by atoms with Crippen molar-refractivity contribution in [3.63, 3.8) is 0 Å². The van der Waals surface area contributed by atoms with Crippen molar-refractivity contribution < 1.29 is 0 Å². The molecule has 1 unspecified atom stereocenters. The van der Waals surface area contributed by atoms with Crippen LogP contribution in [-0.4, -0.2) is 19.6 Å². The van der Waals surface area contributed by atoms with Gasteiger partial charge in [-0.05, 0) is 30.2 Å². The van der Waals surface area contributed by atoms with Gasteiger partial charge in [0.15, 0.2) is 0 Å². The number of nitrogens with one attached hydrogen (secondary N) is 1. The number of halogens is 1. The SMILES string of the molecule is Cc1ccc(Cl)c(N2CCNC(c3ccccc3)C2)c1. The van der Waals surface area contributed by atoms with Crippen molar-refractivity contribution in [2.24, 2.45) is 0 Å². The molecule has 1 aliphatic rings. The molecule has 104 valence electrons. The maximum absolute atomic E-state index is 6.36. The molecule has 2 nitrogen and oxygen atoms in total. The van der Waals surface area contributed by atoms with Crippen LogP contribution in [0.3, 0.4) is 0 Å². The summed E-state index contributed by atoms with van der Waals surface area (Å²) in [5.74, 6) is 0. The summed E-state index contributed by atoms with van der Waals surface area (Å²) in [6, 6.07) is 17.2. The first-order valence-corrected chi connectivity index (χ1v) is 7.41. The fourth-order valence-electron chi connectivity index (χ4n) is 2.74. The van der Waals surface area contributed by atoms with E-state index in [0.717, 1.165) is 30.3 Å². The molecule has 0 bridgehead atoms. The summed E-state index contributed by atoms with van der Waals surface area (Å²) in [4.78, 5) is 2.38. The van der Waals surface area contributed by atoms with Crippen LogP contribution in [0.5, 0.6) is 0 Å². The zero-order chi connectivity index (χ0) is 13.9. The van der Waals surface area contributed by atoms with Crippen LogP contribution in [0, 0.1) is 6.92 Å². The molecular weight excluding hydrogens is 268 g/mol. The Kier molecular flexibility index (Phi) is 3.95. The van der Waals surface area contributed by atoms with Crippen LogP contribution in [-0.2, 0) is 0 Å². The van der Waals surface area contributed by atoms with Crippen LogP contribution in [0.1, 0.15) is 17.2 Å². The summed E-state index contributed by atoms with van der Waals surface area (Å²) in [5, 5.41) is 4.42. The van der Waals surface area contributed by atoms with Gasteiger partial charge in [0.2, 0.25) is 0 Å². The summed E-state index contributed by atoms with van der Waals surface area (Å²) < 4.78 is 0. The largest absolute Gasteiger partial charge is 0.367 e. The van der Waals surface area contributed by atoms with E-state index in [1.807, 2.05) is 6.07 Å². The van der Waals surface area contributed by atoms with Gasteiger partial charge in [-0.2, -0.15) is 0 Å². The molecule has 0 radical (unpaired) electrons. The highest BCUT2D eigenvalue weighted by molar-refractivity contribution is 6.33. The van der Waals surface area contributed by atoms with Crippen molar-refractivity contribution in [1.82, 2.24) is 5.32 Å². The van der Waals surface area contributed by atoms with E-state index in [1.165, 1.54) is 11.1 Å². The number of rotatable bonds is 2. The lowest BCUT2D eigenvalue weighted by atomic mass is 10.0. The number of hydrogen-bond donors (Lipinski definition) is 1. The first-order chi connectivity index (χ1) is 9.74. The summed E-state index contributed by atoms with van der Waals surface area (Å²) in [5.41, 5.74) is 3.73. The van der Waals surface area contributed by atoms with Crippen LogP contribution in [0.2, 0.25) is 5.02 Å². The van der Waals surface area contributed by atoms with Gasteiger partial charge in [0.05, 0.1) is 10.7 Å². The maximum atomic E-state index is 6.36. The second-order valence-electron chi connectivity index (χ2n) is 5.32. The summed E-state index contributed by atoms with van der Waals surface area (Å²) in [6.45, 7) is 5.03. The van der Waals surface area contributed by atoms with E-state index in [2.05, 4.69) is 59.6 Å². The molecule has 2 aromatic carbocycles. The van der Waals surface area contributed by atoms with E-state index in [4.69, 9.17) is 11.6 Å². The Morgan fingerprint density at radius 1 is 1.15 bits per heavy atom. The minimum Gasteiger partial charge on any atom is -0.367 e. The monoisotopic (exact) mass is 286 g/mol. The molecular formula is C17H19ClN2. The molecule has 1 heterocycles. The maximum Gasteiger partial charge on any atom is 0.0639 e. The van der Waals surface area contributed by atoms with Gasteiger partial charge in [0.25, 0.3) is 0 Å². The van der Waals surface area contributed by atoms with E-state index < -0.39 is 0 Å². The first-order valence-electron chi connectivity index (χ1n) is 7.03. The average molecular weight is 287 g/mol. The molecule has 1 atom stereocenters. The molecule has 0 aromatic heterocycles. The summed E-state index contributed by atoms with van der Waals surface area (Å²) in [6.07, 6.45) is 0. The van der Waals surface area contributed by atoms with Gasteiger partial charge < -0.3 is 10.2 Å². The lowest BCUT2D eigenvalue weighted by molar-refractivity contribution is 0.472. The number of hydrogen-bond acceptors (Lipinski definition) is 2. The van der Waals surface area contributed by atoms with Crippen LogP contribution in [0.4, 0.5) is 5.69 Å². The smallest absolute Gasteiger partial charge is 0.0639 e. The average Bonchev–Trinajstić information content (AvgIpc) is 2.51. The Balaban J connectivity index is 1.83. The van der Waals surface area contributed by atoms with Crippen molar-refractivity contribution in [1.29, 1.82) is 0 Å². The standard InChI is InChI=1S/C17H19ClN2/c1-13-7-8-15(18)17(11-13)20-10-9-19-16(12-20)14-5-3-2-4-6-14/h2-8,11,16,19H,9-10,12H2,1H3. The predicted octanol–water partition coefficient (Wildman–Crippen LogP) is 3.80. The molecule has 1 fully saturated rings. The third-order valence-corrected chi connectivity index (χ3v) is 4.14. The summed E-state index contributed by atoms with van der Waals surface area (Å²) >= 11 is 6.36. The predicted molar refractivity (Wildman–Crippen MR) is 85.6 cm³/mol. The van der Waals surface area contributed by atoms with Gasteiger partial charge in [-0.25, -0.2) is 0 Å². The van der Waals surface area contributed by atoms with Gasteiger partial charge >= 0.3 is 0 Å². The van der Waals surface area contributed by atoms with Crippen molar-refractivity contribution in [3.05, 3.63) is 64.7 Å². The minimum atomic E-state index is 0.363. The highest BCUT2D eigenvalue weighted by Crippen LogP contribution is 2.29. The molecule has 0 amide bonds. The molecule has 0 aliphatic carbocycles. The third-order valence-electron chi connectivity index (χ3n) is 3.82. The van der Waals surface area contributed by atoms with Crippen molar-refractivity contribution in [2.45, 2.75) is 13.0 Å². The second kappa shape index (κ2) is 5.86. The molecule has 3 rings (SSSR count). The van der Waals surface area contributed by atoms with Crippen LogP contribution in [0.15, 0.2) is 48.5 Å². The zero-order valence-corrected chi connectivity index (χ0v) is 12.4. The van der Waals surface area contributed by atoms with Crippen LogP contribution >= 0.6 is 11.6 Å². The number of aryl methyl sites for hydroxylation is 1. The molecule has 0 saturated carbocycles. The lowest BCUT2D eigenvalue weighted by Crippen LogP contribution is -2.46. The molecule has 20 heavy (non-hydrogen) atoms. The van der Waals surface area contributed by atoms with Crippen LogP contribution < -0.4 is 10.2 Å².